The SMILES string of the molecule is COc1ccc(OC)c(NC(=O)CSCc2nc3scc(-c4cccs4)c3c(=O)[nH]2)c1. The van der Waals surface area contributed by atoms with Gasteiger partial charge in [-0.3, -0.25) is 9.59 Å². The second kappa shape index (κ2) is 9.54. The summed E-state index contributed by atoms with van der Waals surface area (Å²) in [6, 6.07) is 9.15. The van der Waals surface area contributed by atoms with Crippen molar-refractivity contribution in [3.63, 3.8) is 0 Å². The van der Waals surface area contributed by atoms with E-state index in [1.807, 2.05) is 22.9 Å². The molecule has 3 heterocycles. The van der Waals surface area contributed by atoms with Crippen LogP contribution in [0.25, 0.3) is 20.7 Å². The number of amides is 1. The van der Waals surface area contributed by atoms with Crippen molar-refractivity contribution in [2.45, 2.75) is 5.75 Å². The van der Waals surface area contributed by atoms with Gasteiger partial charge >= 0.3 is 0 Å². The molecule has 0 spiro atoms. The number of anilines is 1. The summed E-state index contributed by atoms with van der Waals surface area (Å²) in [5.74, 6) is 2.16. The monoisotopic (exact) mass is 473 g/mol. The van der Waals surface area contributed by atoms with Crippen LogP contribution in [0.1, 0.15) is 5.82 Å². The van der Waals surface area contributed by atoms with Gasteiger partial charge in [0.2, 0.25) is 5.91 Å². The summed E-state index contributed by atoms with van der Waals surface area (Å²) in [5.41, 5.74) is 1.30. The van der Waals surface area contributed by atoms with E-state index in [1.165, 1.54) is 23.1 Å². The lowest BCUT2D eigenvalue weighted by Gasteiger charge is -2.11. The molecule has 1 amide bonds. The summed E-state index contributed by atoms with van der Waals surface area (Å²) in [7, 11) is 3.10. The number of ether oxygens (including phenoxy) is 2. The molecule has 2 N–H and O–H groups in total. The first-order valence-corrected chi connectivity index (χ1v) is 12.1. The van der Waals surface area contributed by atoms with Gasteiger partial charge in [0.05, 0.1) is 36.8 Å². The third kappa shape index (κ3) is 4.76. The standard InChI is InChI=1S/C21H19N3O4S3/c1-27-12-5-6-15(28-2)14(8-12)22-18(25)11-29-10-17-23-20(26)19-13(9-31-21(19)24-17)16-4-3-7-30-16/h3-9H,10-11H2,1-2H3,(H,22,25)(H,23,24,26). The maximum Gasteiger partial charge on any atom is 0.260 e. The van der Waals surface area contributed by atoms with E-state index < -0.39 is 0 Å². The van der Waals surface area contributed by atoms with Crippen LogP contribution in [0.15, 0.2) is 45.9 Å². The van der Waals surface area contributed by atoms with Gasteiger partial charge in [-0.2, -0.15) is 0 Å². The molecule has 0 saturated heterocycles. The summed E-state index contributed by atoms with van der Waals surface area (Å²) in [6.07, 6.45) is 0. The number of aromatic nitrogens is 2. The van der Waals surface area contributed by atoms with E-state index in [0.717, 1.165) is 10.4 Å². The van der Waals surface area contributed by atoms with Crippen LogP contribution in [0.4, 0.5) is 5.69 Å². The van der Waals surface area contributed by atoms with Crippen LogP contribution in [0, 0.1) is 0 Å². The molecule has 7 nitrogen and oxygen atoms in total. The van der Waals surface area contributed by atoms with Crippen LogP contribution in [0.5, 0.6) is 11.5 Å². The van der Waals surface area contributed by atoms with E-state index in [0.29, 0.717) is 39.0 Å². The lowest BCUT2D eigenvalue weighted by molar-refractivity contribution is -0.113. The van der Waals surface area contributed by atoms with Crippen molar-refractivity contribution in [1.29, 1.82) is 0 Å². The van der Waals surface area contributed by atoms with Crippen molar-refractivity contribution in [1.82, 2.24) is 9.97 Å². The van der Waals surface area contributed by atoms with Crippen molar-refractivity contribution in [2.75, 3.05) is 25.3 Å². The Labute approximate surface area is 190 Å². The molecule has 0 bridgehead atoms. The highest BCUT2D eigenvalue weighted by atomic mass is 32.2. The van der Waals surface area contributed by atoms with Crippen LogP contribution in [0.3, 0.4) is 0 Å². The second-order valence-corrected chi connectivity index (χ2v) is 9.22. The number of nitrogens with one attached hydrogen (secondary N) is 2. The Bertz CT molecular complexity index is 1260. The average molecular weight is 474 g/mol. The Morgan fingerprint density at radius 2 is 2.10 bits per heavy atom. The summed E-state index contributed by atoms with van der Waals surface area (Å²) in [4.78, 5) is 34.2. The molecule has 160 valence electrons. The first kappa shape index (κ1) is 21.4. The van der Waals surface area contributed by atoms with Crippen molar-refractivity contribution in [2.24, 2.45) is 0 Å². The Morgan fingerprint density at radius 1 is 1.23 bits per heavy atom. The number of thioether (sulfide) groups is 1. The van der Waals surface area contributed by atoms with Gasteiger partial charge < -0.3 is 19.8 Å². The molecule has 0 aliphatic carbocycles. The third-order valence-corrected chi connectivity index (χ3v) is 7.15. The Balaban J connectivity index is 1.41. The van der Waals surface area contributed by atoms with Crippen LogP contribution >= 0.6 is 34.4 Å². The first-order valence-electron chi connectivity index (χ1n) is 9.23. The molecule has 31 heavy (non-hydrogen) atoms. The maximum atomic E-state index is 12.6. The van der Waals surface area contributed by atoms with E-state index in [9.17, 15) is 9.59 Å². The van der Waals surface area contributed by atoms with Crippen molar-refractivity contribution in [3.8, 4) is 21.9 Å². The summed E-state index contributed by atoms with van der Waals surface area (Å²) >= 11 is 4.41. The number of fused-ring (bicyclic) bond motifs is 1. The lowest BCUT2D eigenvalue weighted by Crippen LogP contribution is -2.16. The number of aromatic amines is 1. The molecule has 3 aromatic heterocycles. The molecule has 1 aromatic carbocycles. The van der Waals surface area contributed by atoms with Crippen LogP contribution in [-0.4, -0.2) is 35.8 Å². The number of hydrogen-bond donors (Lipinski definition) is 2. The van der Waals surface area contributed by atoms with Crippen LogP contribution in [-0.2, 0) is 10.5 Å². The highest BCUT2D eigenvalue weighted by Gasteiger charge is 2.14. The number of methoxy groups -OCH3 is 2. The van der Waals surface area contributed by atoms with E-state index >= 15 is 0 Å². The molecule has 4 rings (SSSR count). The van der Waals surface area contributed by atoms with Gasteiger partial charge in [-0.15, -0.1) is 34.4 Å². The van der Waals surface area contributed by atoms with Crippen molar-refractivity contribution >= 4 is 56.2 Å². The van der Waals surface area contributed by atoms with Gasteiger partial charge in [-0.25, -0.2) is 4.98 Å². The number of hydrogen-bond acceptors (Lipinski definition) is 8. The van der Waals surface area contributed by atoms with Crippen LogP contribution in [0.2, 0.25) is 0 Å². The van der Waals surface area contributed by atoms with Crippen molar-refractivity contribution < 1.29 is 14.3 Å². The minimum atomic E-state index is -0.184. The molecule has 0 unspecified atom stereocenters. The van der Waals surface area contributed by atoms with Gasteiger partial charge in [-0.1, -0.05) is 6.07 Å². The topological polar surface area (TPSA) is 93.3 Å². The molecule has 0 radical (unpaired) electrons. The fourth-order valence-electron chi connectivity index (χ4n) is 3.01. The number of benzene rings is 1. The smallest absolute Gasteiger partial charge is 0.260 e. The van der Waals surface area contributed by atoms with E-state index in [2.05, 4.69) is 15.3 Å². The molecule has 0 atom stereocenters. The van der Waals surface area contributed by atoms with Gasteiger partial charge in [0.15, 0.2) is 0 Å². The second-order valence-electron chi connectivity index (χ2n) is 6.43. The number of carbonyl (C=O) groups excluding carboxylic acids is 1. The Kier molecular flexibility index (Phi) is 6.59. The Morgan fingerprint density at radius 3 is 2.84 bits per heavy atom. The predicted octanol–water partition coefficient (Wildman–Crippen LogP) is 4.60. The summed E-state index contributed by atoms with van der Waals surface area (Å²) in [5, 5.41) is 7.39. The fourth-order valence-corrected chi connectivity index (χ4v) is 5.48. The first-order chi connectivity index (χ1) is 15.1. The predicted molar refractivity (Wildman–Crippen MR) is 128 cm³/mol. The highest BCUT2D eigenvalue weighted by molar-refractivity contribution is 7.99. The number of H-pyrrole nitrogens is 1. The number of thiophene rings is 2. The lowest BCUT2D eigenvalue weighted by atomic mass is 10.2. The molecule has 0 fully saturated rings. The summed E-state index contributed by atoms with van der Waals surface area (Å²) < 4.78 is 10.5. The quantitative estimate of drug-likeness (QED) is 0.388. The molecular formula is C21H19N3O4S3. The molecule has 0 aliphatic rings. The summed E-state index contributed by atoms with van der Waals surface area (Å²) in [6.45, 7) is 0. The van der Waals surface area contributed by atoms with Crippen molar-refractivity contribution in [3.05, 3.63) is 57.3 Å². The molecule has 0 aliphatic heterocycles. The fraction of sp³-hybridized carbons (Fsp3) is 0.190. The highest BCUT2D eigenvalue weighted by Crippen LogP contribution is 2.33. The average Bonchev–Trinajstić information content (AvgIpc) is 3.43. The number of rotatable bonds is 8. The normalized spacial score (nSPS) is 10.9. The van der Waals surface area contributed by atoms with Crippen LogP contribution < -0.4 is 20.3 Å². The number of carbonyl (C=O) groups is 1. The van der Waals surface area contributed by atoms with Gasteiger partial charge in [-0.05, 0) is 23.6 Å². The van der Waals surface area contributed by atoms with Gasteiger partial charge in [0.1, 0.15) is 22.2 Å². The Hall–Kier alpha value is -2.82. The third-order valence-electron chi connectivity index (χ3n) is 4.43. The van der Waals surface area contributed by atoms with Gasteiger partial charge in [0.25, 0.3) is 5.56 Å². The van der Waals surface area contributed by atoms with E-state index in [1.54, 1.807) is 43.8 Å². The maximum absolute atomic E-state index is 12.6. The van der Waals surface area contributed by atoms with E-state index in [4.69, 9.17) is 9.47 Å². The van der Waals surface area contributed by atoms with Gasteiger partial charge in [0, 0.05) is 21.9 Å². The largest absolute Gasteiger partial charge is 0.497 e. The number of nitrogens with zero attached hydrogens (tertiary/aromatic N) is 1. The zero-order chi connectivity index (χ0) is 21.8. The molecule has 4 aromatic rings. The molecule has 10 heteroatoms. The molecule has 0 saturated carbocycles. The minimum absolute atomic E-state index is 0.157. The van der Waals surface area contributed by atoms with E-state index in [-0.39, 0.29) is 17.2 Å². The zero-order valence-corrected chi connectivity index (χ0v) is 19.2. The molecular weight excluding hydrogens is 454 g/mol. The zero-order valence-electron chi connectivity index (χ0n) is 16.8. The minimum Gasteiger partial charge on any atom is -0.497 e.